The lowest BCUT2D eigenvalue weighted by molar-refractivity contribution is 0.600. The van der Waals surface area contributed by atoms with Crippen molar-refractivity contribution >= 4 is 32.3 Å². The van der Waals surface area contributed by atoms with E-state index >= 15 is 0 Å². The molecule has 1 aromatic carbocycles. The average molecular weight is 278 g/mol. The number of aromatic nitrogens is 1. The predicted molar refractivity (Wildman–Crippen MR) is 73.0 cm³/mol. The van der Waals surface area contributed by atoms with Gasteiger partial charge in [0.15, 0.2) is 0 Å². The first-order valence-electron chi connectivity index (χ1n) is 5.24. The van der Waals surface area contributed by atoms with E-state index < -0.39 is 10.0 Å². The van der Waals surface area contributed by atoms with Crippen molar-refractivity contribution in [2.75, 3.05) is 0 Å². The summed E-state index contributed by atoms with van der Waals surface area (Å²) in [7, 11) is -3.61. The number of hydrogen-bond acceptors (Lipinski definition) is 3. The molecule has 0 fully saturated rings. The van der Waals surface area contributed by atoms with Crippen LogP contribution in [-0.2, 0) is 10.0 Å². The molecule has 18 heavy (non-hydrogen) atoms. The number of aromatic amines is 1. The summed E-state index contributed by atoms with van der Waals surface area (Å²) in [4.78, 5) is 4.01. The van der Waals surface area contributed by atoms with Crippen LogP contribution in [0, 0.1) is 0 Å². The Balaban J connectivity index is 2.11. The Labute approximate surface area is 108 Å². The number of primary sulfonamides is 1. The topological polar surface area (TPSA) is 76.0 Å². The summed E-state index contributed by atoms with van der Waals surface area (Å²) in [5.74, 6) is 0. The first kappa shape index (κ1) is 11.5. The Morgan fingerprint density at radius 1 is 1.11 bits per heavy atom. The number of fused-ring (bicyclic) bond motifs is 1. The van der Waals surface area contributed by atoms with Gasteiger partial charge in [-0.25, -0.2) is 13.6 Å². The van der Waals surface area contributed by atoms with Crippen LogP contribution in [0.4, 0.5) is 0 Å². The zero-order valence-electron chi connectivity index (χ0n) is 9.25. The molecule has 0 saturated carbocycles. The molecule has 2 aromatic heterocycles. The number of H-pyrrole nitrogens is 1. The molecule has 3 aromatic rings. The molecule has 0 saturated heterocycles. The van der Waals surface area contributed by atoms with Crippen LogP contribution in [0.2, 0.25) is 0 Å². The number of rotatable bonds is 2. The number of benzene rings is 1. The minimum absolute atomic E-state index is 0.184. The molecule has 0 radical (unpaired) electrons. The molecule has 0 bridgehead atoms. The Hall–Kier alpha value is -1.63. The first-order chi connectivity index (χ1) is 8.54. The van der Waals surface area contributed by atoms with Crippen molar-refractivity contribution in [1.29, 1.82) is 0 Å². The maximum atomic E-state index is 11.2. The normalized spacial score (nSPS) is 12.1. The van der Waals surface area contributed by atoms with Gasteiger partial charge in [-0.2, -0.15) is 0 Å². The van der Waals surface area contributed by atoms with Crippen LogP contribution in [0.25, 0.3) is 21.3 Å². The van der Waals surface area contributed by atoms with Crippen molar-refractivity contribution in [2.24, 2.45) is 5.14 Å². The Bertz CT molecular complexity index is 815. The predicted octanol–water partition coefficient (Wildman–Crippen LogP) is 2.54. The smallest absolute Gasteiger partial charge is 0.247 e. The van der Waals surface area contributed by atoms with E-state index in [2.05, 4.69) is 4.98 Å². The molecule has 2 heterocycles. The highest BCUT2D eigenvalue weighted by Gasteiger charge is 2.12. The third-order valence-electron chi connectivity index (χ3n) is 2.70. The fraction of sp³-hybridized carbons (Fsp3) is 0. The van der Waals surface area contributed by atoms with Crippen molar-refractivity contribution < 1.29 is 8.42 Å². The Morgan fingerprint density at radius 3 is 2.67 bits per heavy atom. The monoisotopic (exact) mass is 278 g/mol. The van der Waals surface area contributed by atoms with Crippen LogP contribution in [0.1, 0.15) is 0 Å². The van der Waals surface area contributed by atoms with Crippen molar-refractivity contribution in [3.63, 3.8) is 0 Å². The molecule has 3 rings (SSSR count). The maximum Gasteiger partial charge on any atom is 0.247 e. The van der Waals surface area contributed by atoms with Crippen molar-refractivity contribution in [3.8, 4) is 10.4 Å². The van der Waals surface area contributed by atoms with Crippen LogP contribution in [-0.4, -0.2) is 13.4 Å². The van der Waals surface area contributed by atoms with Crippen LogP contribution >= 0.6 is 11.3 Å². The summed E-state index contributed by atoms with van der Waals surface area (Å²) >= 11 is 1.18. The van der Waals surface area contributed by atoms with Crippen LogP contribution in [0.5, 0.6) is 0 Å². The third kappa shape index (κ3) is 1.94. The quantitative estimate of drug-likeness (QED) is 0.755. The third-order valence-corrected chi connectivity index (χ3v) is 5.27. The number of sulfonamides is 1. The molecule has 92 valence electrons. The molecule has 0 unspecified atom stereocenters. The van der Waals surface area contributed by atoms with E-state index in [0.717, 1.165) is 21.3 Å². The molecule has 0 amide bonds. The zero-order valence-corrected chi connectivity index (χ0v) is 10.9. The van der Waals surface area contributed by atoms with Crippen LogP contribution in [0.15, 0.2) is 46.8 Å². The molecule has 3 N–H and O–H groups in total. The zero-order chi connectivity index (χ0) is 12.8. The van der Waals surface area contributed by atoms with Crippen molar-refractivity contribution in [3.05, 3.63) is 42.6 Å². The van der Waals surface area contributed by atoms with E-state index in [0.29, 0.717) is 0 Å². The van der Waals surface area contributed by atoms with Gasteiger partial charge in [0.05, 0.1) is 0 Å². The van der Waals surface area contributed by atoms with Gasteiger partial charge in [0.1, 0.15) is 4.21 Å². The molecule has 0 atom stereocenters. The van der Waals surface area contributed by atoms with Gasteiger partial charge < -0.3 is 4.98 Å². The fourth-order valence-corrected chi connectivity index (χ4v) is 3.55. The second kappa shape index (κ2) is 3.94. The summed E-state index contributed by atoms with van der Waals surface area (Å²) in [6.07, 6.45) is 1.87. The number of hydrogen-bond donors (Lipinski definition) is 2. The van der Waals surface area contributed by atoms with Gasteiger partial charge in [-0.1, -0.05) is 12.1 Å². The lowest BCUT2D eigenvalue weighted by atomic mass is 10.1. The Kier molecular flexibility index (Phi) is 2.51. The molecule has 0 aliphatic rings. The van der Waals surface area contributed by atoms with E-state index in [1.165, 1.54) is 17.4 Å². The van der Waals surface area contributed by atoms with Gasteiger partial charge in [-0.05, 0) is 35.2 Å². The van der Waals surface area contributed by atoms with Crippen molar-refractivity contribution in [1.82, 2.24) is 4.98 Å². The minimum atomic E-state index is -3.61. The van der Waals surface area contributed by atoms with Crippen molar-refractivity contribution in [2.45, 2.75) is 4.21 Å². The van der Waals surface area contributed by atoms with Crippen LogP contribution < -0.4 is 5.14 Å². The average Bonchev–Trinajstić information content (AvgIpc) is 2.96. The highest BCUT2D eigenvalue weighted by atomic mass is 32.2. The molecule has 0 aliphatic heterocycles. The van der Waals surface area contributed by atoms with E-state index in [4.69, 9.17) is 5.14 Å². The van der Waals surface area contributed by atoms with E-state index in [1.807, 2.05) is 30.5 Å². The highest BCUT2D eigenvalue weighted by molar-refractivity contribution is 7.91. The van der Waals surface area contributed by atoms with Crippen LogP contribution in [0.3, 0.4) is 0 Å². The fourth-order valence-electron chi connectivity index (χ4n) is 1.83. The summed E-state index contributed by atoms with van der Waals surface area (Å²) in [5, 5.41) is 6.23. The summed E-state index contributed by atoms with van der Waals surface area (Å²) in [6, 6.07) is 11.3. The summed E-state index contributed by atoms with van der Waals surface area (Å²) in [6.45, 7) is 0. The molecule has 0 spiro atoms. The van der Waals surface area contributed by atoms with Gasteiger partial charge in [0, 0.05) is 16.6 Å². The second-order valence-electron chi connectivity index (χ2n) is 3.94. The van der Waals surface area contributed by atoms with E-state index in [-0.39, 0.29) is 4.21 Å². The second-order valence-corrected chi connectivity index (χ2v) is 6.82. The maximum absolute atomic E-state index is 11.2. The van der Waals surface area contributed by atoms with Gasteiger partial charge >= 0.3 is 0 Å². The number of thiophene rings is 1. The molecule has 6 heteroatoms. The van der Waals surface area contributed by atoms with Gasteiger partial charge in [-0.3, -0.25) is 0 Å². The lowest BCUT2D eigenvalue weighted by Crippen LogP contribution is -2.09. The standard InChI is InChI=1S/C12H10N2O2S2/c13-18(15,16)12-4-3-11(17-12)9-2-1-8-5-6-14-10(8)7-9/h1-7,14H,(H2,13,15,16). The summed E-state index contributed by atoms with van der Waals surface area (Å²) < 4.78 is 22.6. The molecule has 0 aliphatic carbocycles. The molecular weight excluding hydrogens is 268 g/mol. The summed E-state index contributed by atoms with van der Waals surface area (Å²) in [5.41, 5.74) is 2.00. The Morgan fingerprint density at radius 2 is 1.94 bits per heavy atom. The van der Waals surface area contributed by atoms with Gasteiger partial charge in [0.25, 0.3) is 0 Å². The minimum Gasteiger partial charge on any atom is -0.361 e. The SMILES string of the molecule is NS(=O)(=O)c1ccc(-c2ccc3cc[nH]c3c2)s1. The van der Waals surface area contributed by atoms with E-state index in [9.17, 15) is 8.42 Å². The highest BCUT2D eigenvalue weighted by Crippen LogP contribution is 2.31. The van der Waals surface area contributed by atoms with E-state index in [1.54, 1.807) is 6.07 Å². The van der Waals surface area contributed by atoms with Gasteiger partial charge in [-0.15, -0.1) is 11.3 Å². The number of nitrogens with two attached hydrogens (primary N) is 1. The molecule has 4 nitrogen and oxygen atoms in total. The molecular formula is C12H10N2O2S2. The lowest BCUT2D eigenvalue weighted by Gasteiger charge is -1.97. The first-order valence-corrected chi connectivity index (χ1v) is 7.60. The largest absolute Gasteiger partial charge is 0.361 e. The van der Waals surface area contributed by atoms with Gasteiger partial charge in [0.2, 0.25) is 10.0 Å². The number of nitrogens with one attached hydrogen (secondary N) is 1.